The topological polar surface area (TPSA) is 460 Å². The molecule has 16 N–H and O–H groups in total. The number of unbranched alkanes of at least 4 members (excludes halogenated alkanes) is 5. The summed E-state index contributed by atoms with van der Waals surface area (Å²) in [6.07, 6.45) is -21.7. The zero-order valence-corrected chi connectivity index (χ0v) is 51.0. The molecular weight excluding hydrogens is 1170 g/mol. The van der Waals surface area contributed by atoms with Crippen LogP contribution < -0.4 is 31.3 Å². The SMILES string of the molecule is CCCCCC/C=C\CCCOc1cccc(C(=O)NC2C(OC3C(O)C(NC(C)=O)[C@H](O[C@@H](C)C(CO)OC(OC4C(O)C(NC(C)=O)[C@H](O[C@@H](C)C(CO)OC(C)[C@H](O)NC(C)=O)O[C@H]4CO)[C@H](O)NC(C)=O)O[C@H]3CO)OC(CO)C(O)C2O)c1. The van der Waals surface area contributed by atoms with Crippen LogP contribution in [0.25, 0.3) is 0 Å². The number of nitrogens with one attached hydrogen (secondary N) is 5. The summed E-state index contributed by atoms with van der Waals surface area (Å²) in [5.41, 5.74) is 0.0725. The first-order chi connectivity index (χ1) is 41.8. The smallest absolute Gasteiger partial charge is 0.251 e. The molecule has 0 radical (unpaired) electrons. The van der Waals surface area contributed by atoms with E-state index in [-0.39, 0.29) is 5.56 Å². The second-order valence-corrected chi connectivity index (χ2v) is 21.9. The summed E-state index contributed by atoms with van der Waals surface area (Å²) in [5.74, 6) is -3.30. The van der Waals surface area contributed by atoms with Gasteiger partial charge in [0.1, 0.15) is 91.0 Å². The summed E-state index contributed by atoms with van der Waals surface area (Å²) in [5, 5.41) is 132. The van der Waals surface area contributed by atoms with Gasteiger partial charge in [0.15, 0.2) is 31.3 Å². The van der Waals surface area contributed by atoms with Crippen molar-refractivity contribution in [3.8, 4) is 5.75 Å². The Kier molecular flexibility index (Phi) is 32.9. The molecule has 88 heavy (non-hydrogen) atoms. The number of carbonyl (C=O) groups excluding carboxylic acids is 5. The number of rotatable bonds is 37. The van der Waals surface area contributed by atoms with E-state index in [0.717, 1.165) is 40.0 Å². The van der Waals surface area contributed by atoms with Gasteiger partial charge in [-0.05, 0) is 64.7 Å². The second kappa shape index (κ2) is 38.2. The van der Waals surface area contributed by atoms with Gasteiger partial charge in [0.05, 0.1) is 58.0 Å². The van der Waals surface area contributed by atoms with Gasteiger partial charge < -0.3 is 130 Å². The molecule has 0 spiro atoms. The molecule has 0 bridgehead atoms. The third-order valence-corrected chi connectivity index (χ3v) is 14.7. The Morgan fingerprint density at radius 3 is 1.61 bits per heavy atom. The van der Waals surface area contributed by atoms with E-state index in [4.69, 9.17) is 47.4 Å². The van der Waals surface area contributed by atoms with Crippen LogP contribution in [0, 0.1) is 0 Å². The summed E-state index contributed by atoms with van der Waals surface area (Å²) < 4.78 is 59.9. The van der Waals surface area contributed by atoms with Gasteiger partial charge in [-0.15, -0.1) is 0 Å². The van der Waals surface area contributed by atoms with Crippen LogP contribution in [0.5, 0.6) is 5.75 Å². The molecule has 15 unspecified atom stereocenters. The molecule has 0 aromatic heterocycles. The molecule has 0 aliphatic carbocycles. The molecule has 3 aliphatic heterocycles. The van der Waals surface area contributed by atoms with E-state index in [0.29, 0.717) is 18.8 Å². The minimum absolute atomic E-state index is 0.0725. The van der Waals surface area contributed by atoms with Crippen molar-refractivity contribution >= 4 is 29.5 Å². The number of allylic oxidation sites excluding steroid dienone is 2. The summed E-state index contributed by atoms with van der Waals surface area (Å²) in [6.45, 7) is 6.59. The van der Waals surface area contributed by atoms with Crippen molar-refractivity contribution < 1.29 is 128 Å². The fourth-order valence-corrected chi connectivity index (χ4v) is 9.93. The van der Waals surface area contributed by atoms with Crippen molar-refractivity contribution in [3.63, 3.8) is 0 Å². The minimum atomic E-state index is -2.13. The maximum atomic E-state index is 13.9. The molecule has 31 heteroatoms. The number of amides is 5. The number of aliphatic hydroxyl groups excluding tert-OH is 11. The molecule has 3 saturated heterocycles. The fourth-order valence-electron chi connectivity index (χ4n) is 9.93. The lowest BCUT2D eigenvalue weighted by atomic mass is 9.94. The number of aliphatic hydroxyl groups is 11. The average molecular weight is 1270 g/mol. The molecule has 504 valence electrons. The van der Waals surface area contributed by atoms with Gasteiger partial charge in [0.25, 0.3) is 5.91 Å². The van der Waals surface area contributed by atoms with Crippen LogP contribution in [0.1, 0.15) is 111 Å². The van der Waals surface area contributed by atoms with Crippen LogP contribution in [0.3, 0.4) is 0 Å². The number of ether oxygens (including phenoxy) is 10. The van der Waals surface area contributed by atoms with Crippen molar-refractivity contribution in [1.29, 1.82) is 0 Å². The standard InChI is InChI=1S/C57H95N5O26/c1-9-10-11-12-13-14-15-16-17-21-79-36-20-18-19-35(22-36)52(77)62-42-46(73)45(72)39(25-65)84-56(42)87-49-40(26-66)85-55(43(47(49)74)58-31(5)68)82-29(3)38(24-64)83-57(53(78)61-34(8)71)88-50-41(27-67)86-54(44(48(50)75)59-32(6)69)81-28(2)37(23-63)80-30(4)51(76)60-33(7)70/h14-15,18-20,22,28-30,37-51,53-57,63-67,72-76,78H,9-13,16-17,21,23-27H2,1-8H3,(H,58,68)(H,59,69)(H,60,70)(H,61,71)(H,62,77)/b15-14-/t28-,29-,30?,37?,38?,39?,40-,41-,42?,43?,44?,45?,46?,47?,48?,49?,50?,51-,53-,54+,55+,56?,57?/m0/s1. The van der Waals surface area contributed by atoms with Gasteiger partial charge in [-0.2, -0.15) is 0 Å². The highest BCUT2D eigenvalue weighted by molar-refractivity contribution is 5.94. The first-order valence-corrected chi connectivity index (χ1v) is 29.6. The predicted molar refractivity (Wildman–Crippen MR) is 304 cm³/mol. The molecule has 3 aliphatic rings. The number of hydrogen-bond donors (Lipinski definition) is 16. The van der Waals surface area contributed by atoms with Crippen LogP contribution in [0.4, 0.5) is 0 Å². The summed E-state index contributed by atoms with van der Waals surface area (Å²) in [4.78, 5) is 63.0. The van der Waals surface area contributed by atoms with E-state index < -0.39 is 204 Å². The zero-order valence-electron chi connectivity index (χ0n) is 51.0. The molecule has 3 fully saturated rings. The van der Waals surface area contributed by atoms with Crippen LogP contribution >= 0.6 is 0 Å². The Bertz CT molecular complexity index is 2300. The highest BCUT2D eigenvalue weighted by Gasteiger charge is 2.54. The molecule has 1 aromatic carbocycles. The molecule has 5 amide bonds. The lowest BCUT2D eigenvalue weighted by Crippen LogP contribution is -2.69. The molecular formula is C57H95N5O26. The third kappa shape index (κ3) is 22.9. The summed E-state index contributed by atoms with van der Waals surface area (Å²) >= 11 is 0. The van der Waals surface area contributed by atoms with Gasteiger partial charge in [-0.25, -0.2) is 0 Å². The number of benzene rings is 1. The van der Waals surface area contributed by atoms with Crippen molar-refractivity contribution in [2.24, 2.45) is 0 Å². The largest absolute Gasteiger partial charge is 0.494 e. The highest BCUT2D eigenvalue weighted by Crippen LogP contribution is 2.33. The van der Waals surface area contributed by atoms with Crippen LogP contribution in [0.15, 0.2) is 36.4 Å². The van der Waals surface area contributed by atoms with Crippen molar-refractivity contribution in [3.05, 3.63) is 42.0 Å². The van der Waals surface area contributed by atoms with Gasteiger partial charge >= 0.3 is 0 Å². The molecule has 4 rings (SSSR count). The quantitative estimate of drug-likeness (QED) is 0.0172. The Morgan fingerprint density at radius 2 is 1.08 bits per heavy atom. The Labute approximate surface area is 511 Å². The molecule has 0 saturated carbocycles. The van der Waals surface area contributed by atoms with E-state index in [2.05, 4.69) is 45.7 Å². The third-order valence-electron chi connectivity index (χ3n) is 14.7. The number of hydrogen-bond acceptors (Lipinski definition) is 26. The summed E-state index contributed by atoms with van der Waals surface area (Å²) in [7, 11) is 0. The molecule has 1 aromatic rings. The maximum Gasteiger partial charge on any atom is 0.251 e. The maximum absolute atomic E-state index is 13.9. The van der Waals surface area contributed by atoms with E-state index >= 15 is 0 Å². The predicted octanol–water partition coefficient (Wildman–Crippen LogP) is -3.97. The monoisotopic (exact) mass is 1270 g/mol. The first kappa shape index (κ1) is 75.8. The minimum Gasteiger partial charge on any atom is -0.494 e. The van der Waals surface area contributed by atoms with Gasteiger partial charge in [-0.3, -0.25) is 24.0 Å². The van der Waals surface area contributed by atoms with Crippen molar-refractivity contribution in [1.82, 2.24) is 26.6 Å². The van der Waals surface area contributed by atoms with Gasteiger partial charge in [0.2, 0.25) is 29.9 Å². The second-order valence-electron chi connectivity index (χ2n) is 21.9. The van der Waals surface area contributed by atoms with E-state index in [1.165, 1.54) is 59.1 Å². The fraction of sp³-hybridized carbons (Fsp3) is 0.772. The van der Waals surface area contributed by atoms with E-state index in [1.54, 1.807) is 12.1 Å². The molecule has 3 heterocycles. The molecule has 23 atom stereocenters. The van der Waals surface area contributed by atoms with Crippen LogP contribution in [-0.2, 0) is 61.8 Å². The Hall–Kier alpha value is -4.69. The van der Waals surface area contributed by atoms with Gasteiger partial charge in [0, 0.05) is 33.3 Å². The van der Waals surface area contributed by atoms with Crippen LogP contribution in [0.2, 0.25) is 0 Å². The van der Waals surface area contributed by atoms with Crippen LogP contribution in [-0.4, -0.2) is 267 Å². The first-order valence-electron chi connectivity index (χ1n) is 29.6. The molecule has 31 nitrogen and oxygen atoms in total. The van der Waals surface area contributed by atoms with Gasteiger partial charge in [-0.1, -0.05) is 44.4 Å². The van der Waals surface area contributed by atoms with Crippen molar-refractivity contribution in [2.45, 2.75) is 242 Å². The highest BCUT2D eigenvalue weighted by atomic mass is 16.8. The summed E-state index contributed by atoms with van der Waals surface area (Å²) in [6, 6.07) is 1.36. The normalized spacial score (nSPS) is 30.2. The Morgan fingerprint density at radius 1 is 0.568 bits per heavy atom. The van der Waals surface area contributed by atoms with E-state index in [9.17, 15) is 80.1 Å². The Balaban J connectivity index is 1.53. The number of carbonyl (C=O) groups is 5. The van der Waals surface area contributed by atoms with E-state index in [1.807, 2.05) is 0 Å². The van der Waals surface area contributed by atoms with Crippen molar-refractivity contribution in [2.75, 3.05) is 39.6 Å². The zero-order chi connectivity index (χ0) is 65.4. The lowest BCUT2D eigenvalue weighted by molar-refractivity contribution is -0.347. The lowest BCUT2D eigenvalue weighted by Gasteiger charge is -2.48. The average Bonchev–Trinajstić information content (AvgIpc) is 1.74.